The topological polar surface area (TPSA) is 115 Å². The Morgan fingerprint density at radius 3 is 2.44 bits per heavy atom. The second-order valence-electron chi connectivity index (χ2n) is 5.70. The van der Waals surface area contributed by atoms with Gasteiger partial charge in [0.1, 0.15) is 11.6 Å². The van der Waals surface area contributed by atoms with Gasteiger partial charge in [-0.25, -0.2) is 4.79 Å². The molecular weight excluding hydrogens is 346 g/mol. The number of nitrogens with two attached hydrogens (primary N) is 1. The van der Waals surface area contributed by atoms with Crippen molar-refractivity contribution in [2.24, 2.45) is 5.73 Å². The van der Waals surface area contributed by atoms with Crippen LogP contribution in [0.2, 0.25) is 0 Å². The average molecular weight is 369 g/mol. The lowest BCUT2D eigenvalue weighted by molar-refractivity contribution is 0.0526. The third-order valence-corrected chi connectivity index (χ3v) is 3.68. The van der Waals surface area contributed by atoms with E-state index in [4.69, 9.17) is 20.6 Å². The van der Waals surface area contributed by atoms with Crippen molar-refractivity contribution in [3.63, 3.8) is 0 Å². The minimum Gasteiger partial charge on any atom is -0.494 e. The van der Waals surface area contributed by atoms with Gasteiger partial charge < -0.3 is 20.5 Å². The highest BCUT2D eigenvalue weighted by Crippen LogP contribution is 2.13. The molecule has 0 fully saturated rings. The summed E-state index contributed by atoms with van der Waals surface area (Å²) in [5, 5.41) is 10.2. The molecule has 0 aliphatic rings. The van der Waals surface area contributed by atoms with Gasteiger partial charge in [0.05, 0.1) is 18.8 Å². The summed E-state index contributed by atoms with van der Waals surface area (Å²) < 4.78 is 10.5. The Labute approximate surface area is 158 Å². The minimum atomic E-state index is -0.407. The molecular formula is C20H23N3O4. The number of amidine groups is 1. The van der Waals surface area contributed by atoms with Gasteiger partial charge in [-0.2, -0.15) is 0 Å². The largest absolute Gasteiger partial charge is 0.494 e. The molecule has 0 heterocycles. The van der Waals surface area contributed by atoms with E-state index in [1.807, 2.05) is 0 Å². The lowest BCUT2D eigenvalue weighted by Gasteiger charge is -2.09. The first-order valence-corrected chi connectivity index (χ1v) is 8.64. The van der Waals surface area contributed by atoms with E-state index in [1.165, 1.54) is 0 Å². The molecule has 27 heavy (non-hydrogen) atoms. The van der Waals surface area contributed by atoms with Crippen LogP contribution < -0.4 is 15.8 Å². The first-order valence-electron chi connectivity index (χ1n) is 8.64. The lowest BCUT2D eigenvalue weighted by Crippen LogP contribution is -2.25. The van der Waals surface area contributed by atoms with Crippen LogP contribution in [-0.4, -0.2) is 37.5 Å². The number of esters is 1. The first-order chi connectivity index (χ1) is 13.0. The molecule has 0 aliphatic carbocycles. The molecule has 2 aromatic carbocycles. The second kappa shape index (κ2) is 9.96. The molecule has 1 amide bonds. The Morgan fingerprint density at radius 2 is 1.78 bits per heavy atom. The number of carbonyl (C=O) groups excluding carboxylic acids is 2. The van der Waals surface area contributed by atoms with Gasteiger partial charge in [0, 0.05) is 17.7 Å². The highest BCUT2D eigenvalue weighted by Gasteiger charge is 2.09. The van der Waals surface area contributed by atoms with Crippen molar-refractivity contribution in [1.29, 1.82) is 5.41 Å². The summed E-state index contributed by atoms with van der Waals surface area (Å²) in [7, 11) is 0. The molecule has 0 bridgehead atoms. The molecule has 2 rings (SSSR count). The zero-order chi connectivity index (χ0) is 19.6. The minimum absolute atomic E-state index is 0.0123. The Morgan fingerprint density at radius 1 is 1.07 bits per heavy atom. The van der Waals surface area contributed by atoms with E-state index >= 15 is 0 Å². The SMILES string of the molecule is CCOC(=O)c1ccc(C(=O)NCCCOc2cccc(C(=N)N)c2)cc1. The van der Waals surface area contributed by atoms with Crippen molar-refractivity contribution >= 4 is 17.7 Å². The van der Waals surface area contributed by atoms with Gasteiger partial charge in [0.25, 0.3) is 5.91 Å². The van der Waals surface area contributed by atoms with Crippen molar-refractivity contribution in [3.8, 4) is 5.75 Å². The molecule has 142 valence electrons. The third-order valence-electron chi connectivity index (χ3n) is 3.68. The highest BCUT2D eigenvalue weighted by molar-refractivity contribution is 5.96. The number of nitrogens with one attached hydrogen (secondary N) is 2. The molecule has 0 spiro atoms. The number of hydrogen-bond donors (Lipinski definition) is 3. The summed E-state index contributed by atoms with van der Waals surface area (Å²) in [5.41, 5.74) is 6.93. The maximum atomic E-state index is 12.1. The highest BCUT2D eigenvalue weighted by atomic mass is 16.5. The van der Waals surface area contributed by atoms with Gasteiger partial charge >= 0.3 is 5.97 Å². The van der Waals surface area contributed by atoms with Crippen LogP contribution in [0, 0.1) is 5.41 Å². The number of hydrogen-bond acceptors (Lipinski definition) is 5. The molecule has 4 N–H and O–H groups in total. The van der Waals surface area contributed by atoms with E-state index in [2.05, 4.69) is 5.32 Å². The van der Waals surface area contributed by atoms with E-state index in [0.717, 1.165) is 0 Å². The number of rotatable bonds is 9. The van der Waals surface area contributed by atoms with Crippen LogP contribution in [-0.2, 0) is 4.74 Å². The summed E-state index contributed by atoms with van der Waals surface area (Å²) >= 11 is 0. The number of amides is 1. The van der Waals surface area contributed by atoms with Crippen LogP contribution in [0.25, 0.3) is 0 Å². The summed E-state index contributed by atoms with van der Waals surface area (Å²) in [6, 6.07) is 13.3. The fourth-order valence-electron chi connectivity index (χ4n) is 2.29. The van der Waals surface area contributed by atoms with Gasteiger partial charge in [-0.3, -0.25) is 10.2 Å². The van der Waals surface area contributed by atoms with Crippen molar-refractivity contribution in [2.75, 3.05) is 19.8 Å². The summed E-state index contributed by atoms with van der Waals surface area (Å²) in [5.74, 6) is -0.00953. The van der Waals surface area contributed by atoms with Gasteiger partial charge in [-0.15, -0.1) is 0 Å². The molecule has 7 nitrogen and oxygen atoms in total. The maximum absolute atomic E-state index is 12.1. The van der Waals surface area contributed by atoms with Gasteiger partial charge in [0.15, 0.2) is 0 Å². The molecule has 2 aromatic rings. The van der Waals surface area contributed by atoms with E-state index in [1.54, 1.807) is 55.5 Å². The van der Waals surface area contributed by atoms with E-state index in [-0.39, 0.29) is 11.7 Å². The van der Waals surface area contributed by atoms with E-state index in [0.29, 0.717) is 48.6 Å². The molecule has 0 radical (unpaired) electrons. The molecule has 0 unspecified atom stereocenters. The van der Waals surface area contributed by atoms with E-state index < -0.39 is 5.97 Å². The average Bonchev–Trinajstić information content (AvgIpc) is 2.68. The quantitative estimate of drug-likeness (QED) is 0.272. The number of ether oxygens (including phenoxy) is 2. The fourth-order valence-corrected chi connectivity index (χ4v) is 2.29. The van der Waals surface area contributed by atoms with Crippen LogP contribution in [0.1, 0.15) is 39.6 Å². The van der Waals surface area contributed by atoms with Crippen molar-refractivity contribution in [2.45, 2.75) is 13.3 Å². The summed E-state index contributed by atoms with van der Waals surface area (Å²) in [4.78, 5) is 23.7. The van der Waals surface area contributed by atoms with Crippen molar-refractivity contribution in [3.05, 3.63) is 65.2 Å². The van der Waals surface area contributed by atoms with Crippen molar-refractivity contribution < 1.29 is 19.1 Å². The van der Waals surface area contributed by atoms with Gasteiger partial charge in [-0.05, 0) is 49.7 Å². The number of nitrogen functional groups attached to an aromatic ring is 1. The van der Waals surface area contributed by atoms with Crippen LogP contribution in [0.3, 0.4) is 0 Å². The maximum Gasteiger partial charge on any atom is 0.338 e. The predicted molar refractivity (Wildman–Crippen MR) is 102 cm³/mol. The zero-order valence-electron chi connectivity index (χ0n) is 15.2. The van der Waals surface area contributed by atoms with Gasteiger partial charge in [0.2, 0.25) is 0 Å². The zero-order valence-corrected chi connectivity index (χ0v) is 15.2. The molecule has 0 aliphatic heterocycles. The Balaban J connectivity index is 1.74. The predicted octanol–water partition coefficient (Wildman–Crippen LogP) is 2.35. The molecule has 0 saturated heterocycles. The third kappa shape index (κ3) is 6.14. The Hall–Kier alpha value is -3.35. The monoisotopic (exact) mass is 369 g/mol. The Kier molecular flexibility index (Phi) is 7.37. The second-order valence-corrected chi connectivity index (χ2v) is 5.70. The van der Waals surface area contributed by atoms with E-state index in [9.17, 15) is 9.59 Å². The molecule has 7 heteroatoms. The van der Waals surface area contributed by atoms with Crippen molar-refractivity contribution in [1.82, 2.24) is 5.32 Å². The van der Waals surface area contributed by atoms with Crippen LogP contribution in [0.5, 0.6) is 5.75 Å². The standard InChI is InChI=1S/C20H23N3O4/c1-2-26-20(25)15-9-7-14(8-10-15)19(24)23-11-4-12-27-17-6-3-5-16(13-17)18(21)22/h3,5-10,13H,2,4,11-12H2,1H3,(H3,21,22)(H,23,24). The summed E-state index contributed by atoms with van der Waals surface area (Å²) in [6.07, 6.45) is 0.622. The normalized spacial score (nSPS) is 10.1. The fraction of sp³-hybridized carbons (Fsp3) is 0.250. The van der Waals surface area contributed by atoms with Crippen LogP contribution in [0.15, 0.2) is 48.5 Å². The molecule has 0 atom stereocenters. The number of carbonyl (C=O) groups is 2. The first kappa shape index (κ1) is 20.0. The summed E-state index contributed by atoms with van der Waals surface area (Å²) in [6.45, 7) is 2.92. The van der Waals surface area contributed by atoms with Crippen LogP contribution >= 0.6 is 0 Å². The molecule has 0 saturated carbocycles. The lowest BCUT2D eigenvalue weighted by atomic mass is 10.1. The smallest absolute Gasteiger partial charge is 0.338 e. The molecule has 0 aromatic heterocycles. The Bertz CT molecular complexity index is 803. The van der Waals surface area contributed by atoms with Gasteiger partial charge in [-0.1, -0.05) is 12.1 Å². The van der Waals surface area contributed by atoms with Crippen LogP contribution in [0.4, 0.5) is 0 Å². The number of benzene rings is 2.